The van der Waals surface area contributed by atoms with Crippen molar-refractivity contribution in [2.24, 2.45) is 0 Å². The molecule has 0 spiro atoms. The van der Waals surface area contributed by atoms with E-state index >= 15 is 0 Å². The summed E-state index contributed by atoms with van der Waals surface area (Å²) in [6.07, 6.45) is 28.6. The number of unbranched alkanes of at least 4 members (excludes halogenated alkanes) is 17. The van der Waals surface area contributed by atoms with Crippen molar-refractivity contribution in [3.8, 4) is 0 Å². The molecule has 0 atom stereocenters. The van der Waals surface area contributed by atoms with Crippen LogP contribution < -0.4 is 0 Å². The van der Waals surface area contributed by atoms with E-state index in [9.17, 15) is 0 Å². The zero-order valence-electron chi connectivity index (χ0n) is 23.2. The molecule has 0 N–H and O–H groups in total. The first kappa shape index (κ1) is 34.8. The van der Waals surface area contributed by atoms with Crippen molar-refractivity contribution < 1.29 is 0 Å². The van der Waals surface area contributed by atoms with Gasteiger partial charge in [0.15, 0.2) is 0 Å². The molecule has 0 rings (SSSR count). The third-order valence-corrected chi connectivity index (χ3v) is 8.62. The van der Waals surface area contributed by atoms with Crippen LogP contribution in [0.25, 0.3) is 0 Å². The van der Waals surface area contributed by atoms with Gasteiger partial charge in [0.25, 0.3) is 0 Å². The fourth-order valence-electron chi connectivity index (χ4n) is 3.76. The van der Waals surface area contributed by atoms with Crippen LogP contribution >= 0.6 is 21.6 Å². The Hall–Kier alpha value is 0.660. The lowest BCUT2D eigenvalue weighted by atomic mass is 10.1. The molecule has 0 saturated heterocycles. The van der Waals surface area contributed by atoms with Crippen LogP contribution in [0.3, 0.4) is 0 Å². The van der Waals surface area contributed by atoms with Crippen LogP contribution in [-0.2, 0) is 0 Å². The molecule has 0 aromatic heterocycles. The van der Waals surface area contributed by atoms with Crippen molar-refractivity contribution in [3.05, 3.63) is 0 Å². The Morgan fingerprint density at radius 2 is 0.719 bits per heavy atom. The molecule has 0 aliphatic heterocycles. The van der Waals surface area contributed by atoms with E-state index in [1.165, 1.54) is 153 Å². The summed E-state index contributed by atoms with van der Waals surface area (Å²) in [5, 5.41) is 0. The minimum absolute atomic E-state index is 1.25. The monoisotopic (exact) mass is 489 g/mol. The van der Waals surface area contributed by atoms with Crippen LogP contribution in [0.1, 0.15) is 156 Å². The summed E-state index contributed by atoms with van der Waals surface area (Å²) < 4.78 is 0. The van der Waals surface area contributed by atoms with Gasteiger partial charge in [-0.3, -0.25) is 0 Å². The Bertz CT molecular complexity index is 289. The molecule has 0 heterocycles. The second-order valence-electron chi connectivity index (χ2n) is 9.60. The first-order chi connectivity index (χ1) is 15.7. The molecule has 0 aromatic rings. The van der Waals surface area contributed by atoms with Crippen molar-refractivity contribution in [2.75, 3.05) is 31.6 Å². The van der Waals surface area contributed by atoms with Gasteiger partial charge in [-0.25, -0.2) is 0 Å². The average Bonchev–Trinajstić information content (AvgIpc) is 2.80. The van der Waals surface area contributed by atoms with Crippen LogP contribution in [0.5, 0.6) is 0 Å². The summed E-state index contributed by atoms with van der Waals surface area (Å²) in [5.41, 5.74) is 0. The first-order valence-electron chi connectivity index (χ1n) is 14.7. The molecular formula is C29H63NS2. The largest absolute Gasteiger partial charge is 0.306 e. The smallest absolute Gasteiger partial charge is 0.0165 e. The molecule has 0 saturated carbocycles. The highest BCUT2D eigenvalue weighted by atomic mass is 33.1. The van der Waals surface area contributed by atoms with E-state index in [-0.39, 0.29) is 0 Å². The molecule has 0 fully saturated rings. The summed E-state index contributed by atoms with van der Waals surface area (Å²) in [4.78, 5) is 2.50. The fourth-order valence-corrected chi connectivity index (χ4v) is 5.98. The van der Waals surface area contributed by atoms with E-state index in [0.717, 1.165) is 0 Å². The van der Waals surface area contributed by atoms with Crippen molar-refractivity contribution in [1.82, 2.24) is 4.90 Å². The maximum Gasteiger partial charge on any atom is 0.0165 e. The highest BCUT2D eigenvalue weighted by Gasteiger charge is 1.99. The lowest BCUT2D eigenvalue weighted by Crippen LogP contribution is -2.22. The van der Waals surface area contributed by atoms with Gasteiger partial charge in [-0.1, -0.05) is 165 Å². The quantitative estimate of drug-likeness (QED) is 0.0926. The van der Waals surface area contributed by atoms with Gasteiger partial charge in [0.1, 0.15) is 0 Å². The van der Waals surface area contributed by atoms with Gasteiger partial charge in [0.05, 0.1) is 0 Å². The molecule has 0 aliphatic carbocycles. The minimum Gasteiger partial charge on any atom is -0.306 e. The van der Waals surface area contributed by atoms with Gasteiger partial charge in [-0.15, -0.1) is 0 Å². The van der Waals surface area contributed by atoms with Crippen molar-refractivity contribution in [2.45, 2.75) is 156 Å². The van der Waals surface area contributed by atoms with Gasteiger partial charge >= 0.3 is 0 Å². The van der Waals surface area contributed by atoms with Crippen LogP contribution in [0.15, 0.2) is 0 Å². The normalized spacial score (nSPS) is 11.1. The molecule has 0 unspecified atom stereocenters. The number of hydrogen-bond donors (Lipinski definition) is 0. The van der Waals surface area contributed by atoms with Crippen molar-refractivity contribution in [1.29, 1.82) is 0 Å². The minimum atomic E-state index is 1.25. The SMILES string of the molecule is CCCCCCCCCCCC.CCCCCCCCCCCN(C)CCSSCCC. The Morgan fingerprint density at radius 1 is 0.375 bits per heavy atom. The zero-order valence-corrected chi connectivity index (χ0v) is 24.9. The summed E-state index contributed by atoms with van der Waals surface area (Å²) >= 11 is 0. The maximum atomic E-state index is 2.50. The van der Waals surface area contributed by atoms with E-state index in [1.807, 2.05) is 21.6 Å². The maximum absolute atomic E-state index is 2.50. The molecule has 3 heteroatoms. The number of rotatable bonds is 25. The lowest BCUT2D eigenvalue weighted by molar-refractivity contribution is 0.343. The molecule has 0 aromatic carbocycles. The first-order valence-corrected chi connectivity index (χ1v) is 17.1. The summed E-state index contributed by atoms with van der Waals surface area (Å²) in [6, 6.07) is 0. The van der Waals surface area contributed by atoms with Gasteiger partial charge in [0, 0.05) is 18.1 Å². The highest BCUT2D eigenvalue weighted by molar-refractivity contribution is 8.76. The molecular weight excluding hydrogens is 426 g/mol. The van der Waals surface area contributed by atoms with Gasteiger partial charge in [-0.2, -0.15) is 0 Å². The van der Waals surface area contributed by atoms with Crippen LogP contribution in [0.4, 0.5) is 0 Å². The zero-order chi connectivity index (χ0) is 24.0. The van der Waals surface area contributed by atoms with Crippen LogP contribution in [-0.4, -0.2) is 36.5 Å². The third kappa shape index (κ3) is 35.3. The molecule has 0 amide bonds. The van der Waals surface area contributed by atoms with E-state index < -0.39 is 0 Å². The number of nitrogens with zero attached hydrogens (tertiary/aromatic N) is 1. The number of hydrogen-bond acceptors (Lipinski definition) is 3. The van der Waals surface area contributed by atoms with Gasteiger partial charge in [0.2, 0.25) is 0 Å². The van der Waals surface area contributed by atoms with Crippen LogP contribution in [0, 0.1) is 0 Å². The Morgan fingerprint density at radius 3 is 1.09 bits per heavy atom. The third-order valence-electron chi connectivity index (χ3n) is 6.03. The van der Waals surface area contributed by atoms with Gasteiger partial charge < -0.3 is 4.90 Å². The predicted octanol–water partition coefficient (Wildman–Crippen LogP) is 11.2. The molecule has 0 aliphatic rings. The fraction of sp³-hybridized carbons (Fsp3) is 1.00. The Labute approximate surface area is 213 Å². The molecule has 1 nitrogen and oxygen atoms in total. The summed E-state index contributed by atoms with van der Waals surface area (Å²) in [5.74, 6) is 2.57. The Kier molecular flexibility index (Phi) is 36.8. The predicted molar refractivity (Wildman–Crippen MR) is 157 cm³/mol. The second-order valence-corrected chi connectivity index (χ2v) is 12.3. The van der Waals surface area contributed by atoms with E-state index in [4.69, 9.17) is 0 Å². The molecule has 196 valence electrons. The van der Waals surface area contributed by atoms with E-state index in [1.54, 1.807) is 0 Å². The molecule has 32 heavy (non-hydrogen) atoms. The summed E-state index contributed by atoms with van der Waals surface area (Å²) in [6.45, 7) is 11.6. The van der Waals surface area contributed by atoms with E-state index in [0.29, 0.717) is 0 Å². The topological polar surface area (TPSA) is 3.24 Å². The van der Waals surface area contributed by atoms with Crippen molar-refractivity contribution in [3.63, 3.8) is 0 Å². The second kappa shape index (κ2) is 33.8. The average molecular weight is 490 g/mol. The summed E-state index contributed by atoms with van der Waals surface area (Å²) in [7, 11) is 6.34. The standard InChI is InChI=1S/C17H37NS2.C12H26/c1-4-6-7-8-9-10-11-12-13-14-18(3)15-17-20-19-16-5-2;1-3-5-7-9-11-12-10-8-6-4-2/h4-17H2,1-3H3;3-12H2,1-2H3. The van der Waals surface area contributed by atoms with Gasteiger partial charge in [-0.05, 0) is 26.4 Å². The Balaban J connectivity index is 0. The highest BCUT2D eigenvalue weighted by Crippen LogP contribution is 2.21. The molecule has 0 bridgehead atoms. The molecule has 0 radical (unpaired) electrons. The van der Waals surface area contributed by atoms with Crippen LogP contribution in [0.2, 0.25) is 0 Å². The van der Waals surface area contributed by atoms with E-state index in [2.05, 4.69) is 39.6 Å². The van der Waals surface area contributed by atoms with Crippen molar-refractivity contribution >= 4 is 21.6 Å². The lowest BCUT2D eigenvalue weighted by Gasteiger charge is -2.15.